The smallest absolute Gasteiger partial charge is 0.161 e. The zero-order chi connectivity index (χ0) is 33.7. The molecule has 0 fully saturated rings. The summed E-state index contributed by atoms with van der Waals surface area (Å²) in [4.78, 5) is 10.6. The maximum atomic E-state index is 6.89. The van der Waals surface area contributed by atoms with E-state index in [1.165, 1.54) is 21.9 Å². The van der Waals surface area contributed by atoms with Crippen molar-refractivity contribution in [2.75, 3.05) is 0 Å². The Morgan fingerprint density at radius 1 is 0.373 bits per heavy atom. The number of benzene rings is 8. The standard InChI is InChI=1S/C48H30N2O/c1-4-15-31(16-5-1)36-25-14-21-34-29-35(27-28-37(34)36)44-38-22-10-11-23-39(38)46(45-40-24-12-13-26-43(40)51-47(44)45)48-49-41(32-17-6-2-7-18-32)30-42(50-48)33-19-8-3-9-20-33/h1-30H. The number of furan rings is 1. The fourth-order valence-electron chi connectivity index (χ4n) is 7.55. The largest absolute Gasteiger partial charge is 0.455 e. The van der Waals surface area contributed by atoms with Gasteiger partial charge in [0.05, 0.1) is 11.4 Å². The van der Waals surface area contributed by atoms with Gasteiger partial charge in [-0.05, 0) is 56.4 Å². The number of aromatic nitrogens is 2. The Hall–Kier alpha value is -6.84. The zero-order valence-corrected chi connectivity index (χ0v) is 27.6. The quantitative estimate of drug-likeness (QED) is 0.186. The van der Waals surface area contributed by atoms with E-state index in [0.717, 1.165) is 71.9 Å². The molecule has 10 aromatic rings. The average Bonchev–Trinajstić information content (AvgIpc) is 3.59. The highest BCUT2D eigenvalue weighted by Gasteiger charge is 2.24. The molecule has 10 rings (SSSR count). The molecule has 2 aromatic heterocycles. The first-order valence-corrected chi connectivity index (χ1v) is 17.2. The molecular formula is C48H30N2O. The third kappa shape index (κ3) is 4.90. The SMILES string of the molecule is c1ccc(-c2cc(-c3ccccc3)nc(-c3c4ccccc4c(-c4ccc5c(-c6ccccc6)cccc5c4)c4oc5ccccc5c34)n2)cc1. The molecule has 8 aromatic carbocycles. The van der Waals surface area contributed by atoms with Crippen LogP contribution in [0.5, 0.6) is 0 Å². The van der Waals surface area contributed by atoms with Crippen molar-refractivity contribution in [2.45, 2.75) is 0 Å². The summed E-state index contributed by atoms with van der Waals surface area (Å²) in [5.41, 5.74) is 11.1. The van der Waals surface area contributed by atoms with Crippen molar-refractivity contribution in [2.24, 2.45) is 0 Å². The molecule has 51 heavy (non-hydrogen) atoms. The van der Waals surface area contributed by atoms with Gasteiger partial charge in [0.25, 0.3) is 0 Å². The molecule has 0 unspecified atom stereocenters. The van der Waals surface area contributed by atoms with E-state index in [-0.39, 0.29) is 0 Å². The molecule has 0 radical (unpaired) electrons. The summed E-state index contributed by atoms with van der Waals surface area (Å²) in [5.74, 6) is 0.667. The van der Waals surface area contributed by atoms with Crippen molar-refractivity contribution in [3.05, 3.63) is 182 Å². The minimum Gasteiger partial charge on any atom is -0.455 e. The van der Waals surface area contributed by atoms with Crippen LogP contribution in [0.4, 0.5) is 0 Å². The lowest BCUT2D eigenvalue weighted by Gasteiger charge is -2.16. The van der Waals surface area contributed by atoms with Crippen LogP contribution in [0.25, 0.3) is 99.6 Å². The van der Waals surface area contributed by atoms with Crippen LogP contribution in [-0.2, 0) is 0 Å². The summed E-state index contributed by atoms with van der Waals surface area (Å²) in [5, 5.41) is 6.62. The molecule has 238 valence electrons. The van der Waals surface area contributed by atoms with Gasteiger partial charge in [-0.25, -0.2) is 9.97 Å². The van der Waals surface area contributed by atoms with Gasteiger partial charge in [-0.15, -0.1) is 0 Å². The third-order valence-corrected chi connectivity index (χ3v) is 9.88. The first kappa shape index (κ1) is 29.1. The number of rotatable bonds is 5. The predicted molar refractivity (Wildman–Crippen MR) is 212 cm³/mol. The molecule has 0 aliphatic heterocycles. The van der Waals surface area contributed by atoms with E-state index in [9.17, 15) is 0 Å². The van der Waals surface area contributed by atoms with E-state index in [4.69, 9.17) is 14.4 Å². The minimum atomic E-state index is 0.667. The second kappa shape index (κ2) is 11.9. The number of fused-ring (bicyclic) bond motifs is 5. The molecule has 0 bridgehead atoms. The van der Waals surface area contributed by atoms with Gasteiger partial charge >= 0.3 is 0 Å². The monoisotopic (exact) mass is 650 g/mol. The Morgan fingerprint density at radius 2 is 0.941 bits per heavy atom. The van der Waals surface area contributed by atoms with Crippen LogP contribution in [0.3, 0.4) is 0 Å². The summed E-state index contributed by atoms with van der Waals surface area (Å²) in [7, 11) is 0. The third-order valence-electron chi connectivity index (χ3n) is 9.88. The van der Waals surface area contributed by atoms with Gasteiger partial charge < -0.3 is 4.42 Å². The van der Waals surface area contributed by atoms with Crippen LogP contribution in [0, 0.1) is 0 Å². The van der Waals surface area contributed by atoms with Crippen LogP contribution in [0.2, 0.25) is 0 Å². The van der Waals surface area contributed by atoms with Crippen LogP contribution in [0.15, 0.2) is 186 Å². The number of hydrogen-bond donors (Lipinski definition) is 0. The first-order valence-electron chi connectivity index (χ1n) is 17.2. The molecule has 2 heterocycles. The molecule has 3 heteroatoms. The lowest BCUT2D eigenvalue weighted by atomic mass is 9.89. The molecule has 0 atom stereocenters. The molecule has 0 amide bonds. The maximum absolute atomic E-state index is 6.89. The van der Waals surface area contributed by atoms with E-state index in [1.807, 2.05) is 18.2 Å². The fourth-order valence-corrected chi connectivity index (χ4v) is 7.55. The van der Waals surface area contributed by atoms with Crippen molar-refractivity contribution in [1.29, 1.82) is 0 Å². The Labute approximate surface area is 295 Å². The maximum Gasteiger partial charge on any atom is 0.161 e. The summed E-state index contributed by atoms with van der Waals surface area (Å²) in [6, 6.07) is 63.6. The first-order chi connectivity index (χ1) is 25.3. The predicted octanol–water partition coefficient (Wildman–Crippen LogP) is 13.0. The molecular weight excluding hydrogens is 621 g/mol. The zero-order valence-electron chi connectivity index (χ0n) is 27.6. The topological polar surface area (TPSA) is 38.9 Å². The van der Waals surface area contributed by atoms with Crippen molar-refractivity contribution >= 4 is 43.5 Å². The van der Waals surface area contributed by atoms with Crippen LogP contribution < -0.4 is 0 Å². The Bertz CT molecular complexity index is 2840. The molecule has 0 saturated carbocycles. The van der Waals surface area contributed by atoms with Crippen LogP contribution in [-0.4, -0.2) is 9.97 Å². The normalized spacial score (nSPS) is 11.5. The fraction of sp³-hybridized carbons (Fsp3) is 0. The van der Waals surface area contributed by atoms with Gasteiger partial charge in [-0.3, -0.25) is 0 Å². The van der Waals surface area contributed by atoms with E-state index < -0.39 is 0 Å². The summed E-state index contributed by atoms with van der Waals surface area (Å²) in [6.45, 7) is 0. The van der Waals surface area contributed by atoms with E-state index in [0.29, 0.717) is 5.82 Å². The minimum absolute atomic E-state index is 0.667. The Kier molecular flexibility index (Phi) is 6.81. The summed E-state index contributed by atoms with van der Waals surface area (Å²) >= 11 is 0. The highest BCUT2D eigenvalue weighted by Crippen LogP contribution is 2.48. The highest BCUT2D eigenvalue weighted by molar-refractivity contribution is 6.26. The Balaban J connectivity index is 1.29. The Morgan fingerprint density at radius 3 is 1.61 bits per heavy atom. The lowest BCUT2D eigenvalue weighted by molar-refractivity contribution is 0.670. The van der Waals surface area contributed by atoms with E-state index in [1.54, 1.807) is 0 Å². The summed E-state index contributed by atoms with van der Waals surface area (Å²) in [6.07, 6.45) is 0. The summed E-state index contributed by atoms with van der Waals surface area (Å²) < 4.78 is 6.89. The van der Waals surface area contributed by atoms with Crippen molar-refractivity contribution in [3.8, 4) is 56.2 Å². The van der Waals surface area contributed by atoms with Crippen molar-refractivity contribution in [3.63, 3.8) is 0 Å². The number of para-hydroxylation sites is 1. The lowest BCUT2D eigenvalue weighted by Crippen LogP contribution is -1.98. The van der Waals surface area contributed by atoms with Crippen molar-refractivity contribution < 1.29 is 4.42 Å². The molecule has 3 nitrogen and oxygen atoms in total. The van der Waals surface area contributed by atoms with E-state index in [2.05, 4.69) is 164 Å². The van der Waals surface area contributed by atoms with Gasteiger partial charge in [0.1, 0.15) is 11.2 Å². The van der Waals surface area contributed by atoms with E-state index >= 15 is 0 Å². The van der Waals surface area contributed by atoms with Gasteiger partial charge in [-0.1, -0.05) is 164 Å². The second-order valence-corrected chi connectivity index (χ2v) is 12.9. The van der Waals surface area contributed by atoms with Crippen LogP contribution in [0.1, 0.15) is 0 Å². The van der Waals surface area contributed by atoms with Crippen LogP contribution >= 0.6 is 0 Å². The van der Waals surface area contributed by atoms with Gasteiger partial charge in [0, 0.05) is 33.0 Å². The molecule has 0 saturated heterocycles. The molecule has 0 aliphatic carbocycles. The van der Waals surface area contributed by atoms with Gasteiger partial charge in [0.2, 0.25) is 0 Å². The second-order valence-electron chi connectivity index (χ2n) is 12.9. The average molecular weight is 651 g/mol. The van der Waals surface area contributed by atoms with Gasteiger partial charge in [-0.2, -0.15) is 0 Å². The van der Waals surface area contributed by atoms with Gasteiger partial charge in [0.15, 0.2) is 5.82 Å². The highest BCUT2D eigenvalue weighted by atomic mass is 16.3. The number of hydrogen-bond acceptors (Lipinski definition) is 3. The molecule has 0 N–H and O–H groups in total. The molecule has 0 aliphatic rings. The van der Waals surface area contributed by atoms with Crippen molar-refractivity contribution in [1.82, 2.24) is 9.97 Å². The number of nitrogens with zero attached hydrogens (tertiary/aromatic N) is 2. The molecule has 0 spiro atoms.